The van der Waals surface area contributed by atoms with Crippen LogP contribution in [0.4, 0.5) is 0 Å². The summed E-state index contributed by atoms with van der Waals surface area (Å²) < 4.78 is 0. The highest BCUT2D eigenvalue weighted by Gasteiger charge is 2.55. The predicted octanol–water partition coefficient (Wildman–Crippen LogP) is 2.77. The number of fused-ring (bicyclic) bond motifs is 1. The lowest BCUT2D eigenvalue weighted by molar-refractivity contribution is -0.149. The maximum atomic E-state index is 12.4. The first-order chi connectivity index (χ1) is 9.35. The number of carbonyl (C=O) groups excluding carboxylic acids is 1. The van der Waals surface area contributed by atoms with E-state index in [-0.39, 0.29) is 11.8 Å². The number of aliphatic carboxylic acids is 1. The molecule has 1 amide bonds. The lowest BCUT2D eigenvalue weighted by atomic mass is 9.81. The average Bonchev–Trinajstić information content (AvgIpc) is 2.83. The largest absolute Gasteiger partial charge is 0.481 e. The molecule has 3 atom stereocenters. The van der Waals surface area contributed by atoms with Gasteiger partial charge in [-0.15, -0.1) is 0 Å². The quantitative estimate of drug-likeness (QED) is 0.843. The van der Waals surface area contributed by atoms with E-state index in [1.54, 1.807) is 0 Å². The Hall–Kier alpha value is -1.06. The summed E-state index contributed by atoms with van der Waals surface area (Å²) in [6.45, 7) is 7.53. The second kappa shape index (κ2) is 5.74. The third kappa shape index (κ3) is 2.84. The van der Waals surface area contributed by atoms with Crippen molar-refractivity contribution >= 4 is 11.9 Å². The Kier molecular flexibility index (Phi) is 4.40. The van der Waals surface area contributed by atoms with Crippen LogP contribution in [0.1, 0.15) is 52.9 Å². The van der Waals surface area contributed by atoms with E-state index in [2.05, 4.69) is 20.8 Å². The Balaban J connectivity index is 1.95. The smallest absolute Gasteiger partial charge is 0.311 e. The Labute approximate surface area is 121 Å². The molecular weight excluding hydrogens is 254 g/mol. The molecule has 4 heteroatoms. The number of amides is 1. The summed E-state index contributed by atoms with van der Waals surface area (Å²) in [5, 5.41) is 9.54. The van der Waals surface area contributed by atoms with Crippen molar-refractivity contribution in [2.45, 2.75) is 52.9 Å². The molecule has 0 aromatic carbocycles. The molecule has 1 aliphatic carbocycles. The maximum Gasteiger partial charge on any atom is 0.311 e. The molecule has 2 aliphatic rings. The van der Waals surface area contributed by atoms with Gasteiger partial charge in [0.25, 0.3) is 0 Å². The number of nitrogens with zero attached hydrogens (tertiary/aromatic N) is 1. The third-order valence-electron chi connectivity index (χ3n) is 5.05. The van der Waals surface area contributed by atoms with Crippen molar-refractivity contribution in [3.8, 4) is 0 Å². The van der Waals surface area contributed by atoms with E-state index >= 15 is 0 Å². The number of hydrogen-bond donors (Lipinski definition) is 1. The fraction of sp³-hybridized carbons (Fsp3) is 0.875. The van der Waals surface area contributed by atoms with Crippen LogP contribution < -0.4 is 0 Å². The number of carboxylic acid groups (broad SMARTS) is 1. The van der Waals surface area contributed by atoms with Gasteiger partial charge in [-0.2, -0.15) is 0 Å². The molecule has 1 N–H and O–H groups in total. The van der Waals surface area contributed by atoms with Crippen molar-refractivity contribution in [3.05, 3.63) is 0 Å². The van der Waals surface area contributed by atoms with Crippen molar-refractivity contribution in [1.29, 1.82) is 0 Å². The fourth-order valence-corrected chi connectivity index (χ4v) is 4.14. The molecule has 20 heavy (non-hydrogen) atoms. The lowest BCUT2D eigenvalue weighted by Crippen LogP contribution is -2.37. The number of carbonyl (C=O) groups is 2. The lowest BCUT2D eigenvalue weighted by Gasteiger charge is -2.24. The van der Waals surface area contributed by atoms with E-state index in [1.807, 2.05) is 4.90 Å². The minimum Gasteiger partial charge on any atom is -0.481 e. The van der Waals surface area contributed by atoms with Gasteiger partial charge in [0.15, 0.2) is 0 Å². The topological polar surface area (TPSA) is 57.6 Å². The molecule has 4 nitrogen and oxygen atoms in total. The van der Waals surface area contributed by atoms with Crippen LogP contribution in [0.2, 0.25) is 0 Å². The van der Waals surface area contributed by atoms with Gasteiger partial charge in [-0.1, -0.05) is 27.2 Å². The zero-order valence-electron chi connectivity index (χ0n) is 12.9. The SMILES string of the molecule is CC(C)CC(C)CC(=O)N1C[C@@H]2CCC[C@@]2(C(=O)O)C1. The summed E-state index contributed by atoms with van der Waals surface area (Å²) in [6.07, 6.45) is 4.28. The van der Waals surface area contributed by atoms with Gasteiger partial charge in [-0.3, -0.25) is 9.59 Å². The predicted molar refractivity (Wildman–Crippen MR) is 77.2 cm³/mol. The summed E-state index contributed by atoms with van der Waals surface area (Å²) >= 11 is 0. The van der Waals surface area contributed by atoms with Crippen molar-refractivity contribution < 1.29 is 14.7 Å². The van der Waals surface area contributed by atoms with Crippen molar-refractivity contribution in [2.75, 3.05) is 13.1 Å². The van der Waals surface area contributed by atoms with Crippen LogP contribution in [0.15, 0.2) is 0 Å². The van der Waals surface area contributed by atoms with Gasteiger partial charge >= 0.3 is 5.97 Å². The molecule has 2 fully saturated rings. The third-order valence-corrected chi connectivity index (χ3v) is 5.05. The molecule has 1 saturated carbocycles. The zero-order valence-corrected chi connectivity index (χ0v) is 12.9. The molecule has 1 aliphatic heterocycles. The molecule has 0 aromatic heterocycles. The van der Waals surface area contributed by atoms with Gasteiger partial charge in [0, 0.05) is 19.5 Å². The van der Waals surface area contributed by atoms with Crippen molar-refractivity contribution in [3.63, 3.8) is 0 Å². The van der Waals surface area contributed by atoms with E-state index in [1.165, 1.54) is 0 Å². The first kappa shape index (κ1) is 15.3. The normalized spacial score (nSPS) is 30.6. The molecule has 0 aromatic rings. The summed E-state index contributed by atoms with van der Waals surface area (Å²) in [5.74, 6) is 0.591. The number of rotatable bonds is 5. The van der Waals surface area contributed by atoms with Crippen LogP contribution in [-0.4, -0.2) is 35.0 Å². The van der Waals surface area contributed by atoms with Gasteiger partial charge in [0.05, 0.1) is 5.41 Å². The molecule has 114 valence electrons. The Morgan fingerprint density at radius 3 is 2.60 bits per heavy atom. The van der Waals surface area contributed by atoms with Gasteiger partial charge in [-0.25, -0.2) is 0 Å². The Bertz CT molecular complexity index is 393. The average molecular weight is 281 g/mol. The van der Waals surface area contributed by atoms with Crippen LogP contribution in [0, 0.1) is 23.2 Å². The van der Waals surface area contributed by atoms with Gasteiger partial charge < -0.3 is 10.0 Å². The molecule has 0 bridgehead atoms. The first-order valence-corrected chi connectivity index (χ1v) is 7.86. The minimum absolute atomic E-state index is 0.146. The molecule has 1 heterocycles. The highest BCUT2D eigenvalue weighted by atomic mass is 16.4. The highest BCUT2D eigenvalue weighted by Crippen LogP contribution is 2.49. The van der Waals surface area contributed by atoms with Gasteiger partial charge in [0.1, 0.15) is 0 Å². The molecule has 0 spiro atoms. The Morgan fingerprint density at radius 2 is 2.05 bits per heavy atom. The molecule has 2 rings (SSSR count). The summed E-state index contributed by atoms with van der Waals surface area (Å²) in [7, 11) is 0. The molecule has 1 saturated heterocycles. The van der Waals surface area contributed by atoms with E-state index in [0.717, 1.165) is 25.7 Å². The highest BCUT2D eigenvalue weighted by molar-refractivity contribution is 5.81. The van der Waals surface area contributed by atoms with E-state index < -0.39 is 11.4 Å². The zero-order chi connectivity index (χ0) is 14.9. The van der Waals surface area contributed by atoms with Crippen LogP contribution in [0.25, 0.3) is 0 Å². The summed E-state index contributed by atoms with van der Waals surface area (Å²) in [5.41, 5.74) is -0.642. The van der Waals surface area contributed by atoms with Crippen molar-refractivity contribution in [1.82, 2.24) is 4.90 Å². The molecular formula is C16H27NO3. The van der Waals surface area contributed by atoms with Crippen LogP contribution >= 0.6 is 0 Å². The summed E-state index contributed by atoms with van der Waals surface area (Å²) in [4.78, 5) is 25.8. The van der Waals surface area contributed by atoms with E-state index in [0.29, 0.717) is 31.3 Å². The number of carboxylic acids is 1. The standard InChI is InChI=1S/C16H27NO3/c1-11(2)7-12(3)8-14(18)17-9-13-5-4-6-16(13,10-17)15(19)20/h11-13H,4-10H2,1-3H3,(H,19,20)/t12?,13-,16+/m0/s1. The number of likely N-dealkylation sites (tertiary alicyclic amines) is 1. The minimum atomic E-state index is -0.703. The van der Waals surface area contributed by atoms with Crippen LogP contribution in [0.3, 0.4) is 0 Å². The molecule has 1 unspecified atom stereocenters. The van der Waals surface area contributed by atoms with Gasteiger partial charge in [-0.05, 0) is 37.0 Å². The Morgan fingerprint density at radius 1 is 1.35 bits per heavy atom. The maximum absolute atomic E-state index is 12.4. The van der Waals surface area contributed by atoms with Crippen molar-refractivity contribution in [2.24, 2.45) is 23.2 Å². The number of hydrogen-bond acceptors (Lipinski definition) is 2. The monoisotopic (exact) mass is 281 g/mol. The van der Waals surface area contributed by atoms with Gasteiger partial charge in [0.2, 0.25) is 5.91 Å². The van der Waals surface area contributed by atoms with Crippen LogP contribution in [0.5, 0.6) is 0 Å². The van der Waals surface area contributed by atoms with Crippen LogP contribution in [-0.2, 0) is 9.59 Å². The van der Waals surface area contributed by atoms with E-state index in [9.17, 15) is 14.7 Å². The van der Waals surface area contributed by atoms with E-state index in [4.69, 9.17) is 0 Å². The second-order valence-electron chi connectivity index (χ2n) is 7.26. The summed E-state index contributed by atoms with van der Waals surface area (Å²) in [6, 6.07) is 0. The fourth-order valence-electron chi connectivity index (χ4n) is 4.14. The first-order valence-electron chi connectivity index (χ1n) is 7.86. The molecule has 0 radical (unpaired) electrons. The second-order valence-corrected chi connectivity index (χ2v) is 7.26.